The molecule has 0 radical (unpaired) electrons. The smallest absolute Gasteiger partial charge is 0.0992 e. The molecule has 2 unspecified atom stereocenters. The van der Waals surface area contributed by atoms with Gasteiger partial charge in [-0.1, -0.05) is 6.07 Å². The summed E-state index contributed by atoms with van der Waals surface area (Å²) in [6.07, 6.45) is 0.980. The molecule has 1 aliphatic heterocycles. The van der Waals surface area contributed by atoms with Crippen molar-refractivity contribution in [3.05, 3.63) is 29.8 Å². The van der Waals surface area contributed by atoms with Gasteiger partial charge in [0, 0.05) is 30.9 Å². The van der Waals surface area contributed by atoms with E-state index < -0.39 is 0 Å². The van der Waals surface area contributed by atoms with Crippen LogP contribution in [-0.4, -0.2) is 43.7 Å². The predicted octanol–water partition coefficient (Wildman–Crippen LogP) is 1.42. The number of hydrogen-bond donors (Lipinski definition) is 1. The van der Waals surface area contributed by atoms with E-state index in [-0.39, 0.29) is 0 Å². The van der Waals surface area contributed by atoms with Gasteiger partial charge in [-0.2, -0.15) is 5.26 Å². The fourth-order valence-corrected chi connectivity index (χ4v) is 2.69. The number of anilines is 1. The molecule has 4 nitrogen and oxygen atoms in total. The fourth-order valence-electron chi connectivity index (χ4n) is 2.69. The van der Waals surface area contributed by atoms with Gasteiger partial charge in [0.25, 0.3) is 0 Å². The zero-order valence-corrected chi connectivity index (χ0v) is 11.7. The largest absolute Gasteiger partial charge is 0.366 e. The molecular formula is C15H22N4. The molecule has 0 saturated carbocycles. The van der Waals surface area contributed by atoms with Crippen molar-refractivity contribution in [3.63, 3.8) is 0 Å². The Morgan fingerprint density at radius 1 is 1.42 bits per heavy atom. The molecule has 0 amide bonds. The van der Waals surface area contributed by atoms with Gasteiger partial charge < -0.3 is 10.6 Å². The fraction of sp³-hybridized carbons (Fsp3) is 0.533. The van der Waals surface area contributed by atoms with Gasteiger partial charge in [0.2, 0.25) is 0 Å². The summed E-state index contributed by atoms with van der Waals surface area (Å²) in [4.78, 5) is 4.78. The lowest BCUT2D eigenvalue weighted by Crippen LogP contribution is -2.56. The van der Waals surface area contributed by atoms with Gasteiger partial charge >= 0.3 is 0 Å². The molecule has 0 aromatic heterocycles. The monoisotopic (exact) mass is 258 g/mol. The summed E-state index contributed by atoms with van der Waals surface area (Å²) in [5.41, 5.74) is 7.59. The minimum absolute atomic E-state index is 0.431. The molecule has 2 atom stereocenters. The number of nitriles is 1. The van der Waals surface area contributed by atoms with E-state index >= 15 is 0 Å². The lowest BCUT2D eigenvalue weighted by atomic mass is 10.0. The van der Waals surface area contributed by atoms with Crippen LogP contribution in [0.25, 0.3) is 0 Å². The first-order valence-corrected chi connectivity index (χ1v) is 6.82. The Labute approximate surface area is 115 Å². The number of rotatable bonds is 3. The second kappa shape index (κ2) is 6.05. The Bertz CT molecular complexity index is 465. The number of piperazine rings is 1. The molecule has 1 aromatic carbocycles. The molecule has 4 heteroatoms. The average Bonchev–Trinajstić information content (AvgIpc) is 2.43. The second-order valence-corrected chi connectivity index (χ2v) is 5.33. The molecule has 1 heterocycles. The van der Waals surface area contributed by atoms with Gasteiger partial charge in [-0.3, -0.25) is 4.90 Å². The Morgan fingerprint density at radius 3 is 2.89 bits per heavy atom. The summed E-state index contributed by atoms with van der Waals surface area (Å²) in [5, 5.41) is 9.03. The highest BCUT2D eigenvalue weighted by molar-refractivity contribution is 5.53. The maximum Gasteiger partial charge on any atom is 0.0992 e. The molecule has 102 valence electrons. The number of hydrogen-bond acceptors (Lipinski definition) is 4. The highest BCUT2D eigenvalue weighted by atomic mass is 15.3. The van der Waals surface area contributed by atoms with Gasteiger partial charge in [-0.15, -0.1) is 0 Å². The minimum Gasteiger partial charge on any atom is -0.366 e. The maximum absolute atomic E-state index is 9.03. The van der Waals surface area contributed by atoms with E-state index in [4.69, 9.17) is 11.0 Å². The molecular weight excluding hydrogens is 236 g/mol. The van der Waals surface area contributed by atoms with Crippen LogP contribution in [0, 0.1) is 11.3 Å². The first-order chi connectivity index (χ1) is 9.15. The minimum atomic E-state index is 0.431. The van der Waals surface area contributed by atoms with Gasteiger partial charge in [0.15, 0.2) is 0 Å². The van der Waals surface area contributed by atoms with E-state index in [0.29, 0.717) is 18.6 Å². The van der Waals surface area contributed by atoms with E-state index in [0.717, 1.165) is 30.8 Å². The second-order valence-electron chi connectivity index (χ2n) is 5.33. The molecule has 1 saturated heterocycles. The van der Waals surface area contributed by atoms with Crippen molar-refractivity contribution in [2.45, 2.75) is 25.4 Å². The third kappa shape index (κ3) is 3.06. The van der Waals surface area contributed by atoms with Crippen molar-refractivity contribution in [2.75, 3.05) is 31.6 Å². The van der Waals surface area contributed by atoms with Gasteiger partial charge in [-0.25, -0.2) is 0 Å². The van der Waals surface area contributed by atoms with E-state index in [2.05, 4.69) is 35.9 Å². The van der Waals surface area contributed by atoms with Crippen LogP contribution in [0.1, 0.15) is 18.9 Å². The van der Waals surface area contributed by atoms with E-state index in [1.807, 2.05) is 18.2 Å². The zero-order chi connectivity index (χ0) is 13.8. The predicted molar refractivity (Wildman–Crippen MR) is 78.1 cm³/mol. The van der Waals surface area contributed by atoms with Crippen LogP contribution >= 0.6 is 0 Å². The van der Waals surface area contributed by atoms with Crippen molar-refractivity contribution in [1.82, 2.24) is 4.90 Å². The molecule has 0 bridgehead atoms. The first-order valence-electron chi connectivity index (χ1n) is 6.82. The van der Waals surface area contributed by atoms with Gasteiger partial charge in [-0.05, 0) is 45.1 Å². The van der Waals surface area contributed by atoms with Gasteiger partial charge in [0.1, 0.15) is 0 Å². The molecule has 0 spiro atoms. The van der Waals surface area contributed by atoms with Crippen LogP contribution in [0.4, 0.5) is 5.69 Å². The van der Waals surface area contributed by atoms with Crippen LogP contribution < -0.4 is 10.6 Å². The summed E-state index contributed by atoms with van der Waals surface area (Å²) in [6.45, 7) is 4.94. The molecule has 1 aliphatic rings. The van der Waals surface area contributed by atoms with Crippen LogP contribution in [0.3, 0.4) is 0 Å². The molecule has 2 N–H and O–H groups in total. The highest BCUT2D eigenvalue weighted by Gasteiger charge is 2.29. The highest BCUT2D eigenvalue weighted by Crippen LogP contribution is 2.24. The van der Waals surface area contributed by atoms with Crippen molar-refractivity contribution < 1.29 is 0 Å². The van der Waals surface area contributed by atoms with E-state index in [1.165, 1.54) is 0 Å². The topological polar surface area (TPSA) is 56.3 Å². The van der Waals surface area contributed by atoms with Gasteiger partial charge in [0.05, 0.1) is 11.6 Å². The Morgan fingerprint density at radius 2 is 2.21 bits per heavy atom. The van der Waals surface area contributed by atoms with E-state index in [9.17, 15) is 0 Å². The summed E-state index contributed by atoms with van der Waals surface area (Å²) in [7, 11) is 2.16. The summed E-state index contributed by atoms with van der Waals surface area (Å²) < 4.78 is 0. The molecule has 1 aromatic rings. The van der Waals surface area contributed by atoms with Crippen LogP contribution in [-0.2, 0) is 0 Å². The Kier molecular flexibility index (Phi) is 4.41. The first kappa shape index (κ1) is 13.9. The Balaban J connectivity index is 2.25. The average molecular weight is 258 g/mol. The van der Waals surface area contributed by atoms with E-state index in [1.54, 1.807) is 0 Å². The third-order valence-electron chi connectivity index (χ3n) is 3.96. The quantitative estimate of drug-likeness (QED) is 0.891. The summed E-state index contributed by atoms with van der Waals surface area (Å²) >= 11 is 0. The van der Waals surface area contributed by atoms with Crippen LogP contribution in [0.2, 0.25) is 0 Å². The van der Waals surface area contributed by atoms with Crippen LogP contribution in [0.5, 0.6) is 0 Å². The zero-order valence-electron chi connectivity index (χ0n) is 11.7. The van der Waals surface area contributed by atoms with Crippen molar-refractivity contribution in [3.8, 4) is 6.07 Å². The number of nitrogens with two attached hydrogens (primary N) is 1. The molecule has 2 rings (SSSR count). The third-order valence-corrected chi connectivity index (χ3v) is 3.96. The Hall–Kier alpha value is -1.57. The lowest BCUT2D eigenvalue weighted by Gasteiger charge is -2.45. The number of nitrogens with zero attached hydrogens (tertiary/aromatic N) is 3. The van der Waals surface area contributed by atoms with Crippen molar-refractivity contribution in [1.29, 1.82) is 5.26 Å². The summed E-state index contributed by atoms with van der Waals surface area (Å²) in [6, 6.07) is 11.0. The SMILES string of the molecule is CC1CN(c2cccc(C#N)c2)C(CCN)CN1C. The molecule has 1 fully saturated rings. The number of benzene rings is 1. The van der Waals surface area contributed by atoms with Crippen molar-refractivity contribution >= 4 is 5.69 Å². The number of likely N-dealkylation sites (N-methyl/N-ethyl adjacent to an activating group) is 1. The molecule has 0 aliphatic carbocycles. The maximum atomic E-state index is 9.03. The van der Waals surface area contributed by atoms with Crippen molar-refractivity contribution in [2.24, 2.45) is 5.73 Å². The normalized spacial score (nSPS) is 24.2. The summed E-state index contributed by atoms with van der Waals surface area (Å²) in [5.74, 6) is 0. The standard InChI is InChI=1S/C15H22N4/c1-12-10-19(15(6-7-16)11-18(12)2)14-5-3-4-13(8-14)9-17/h3-5,8,12,15H,6-7,10-11,16H2,1-2H3. The van der Waals surface area contributed by atoms with Crippen LogP contribution in [0.15, 0.2) is 24.3 Å². The molecule has 19 heavy (non-hydrogen) atoms. The lowest BCUT2D eigenvalue weighted by molar-refractivity contribution is 0.196.